The first kappa shape index (κ1) is 10.4. The van der Waals surface area contributed by atoms with E-state index in [1.807, 2.05) is 26.8 Å². The highest BCUT2D eigenvalue weighted by Gasteiger charge is 2.07. The number of ketones is 1. The van der Waals surface area contributed by atoms with Gasteiger partial charge in [-0.3, -0.25) is 4.79 Å². The fourth-order valence-electron chi connectivity index (χ4n) is 0.859. The van der Waals surface area contributed by atoms with E-state index in [-0.39, 0.29) is 5.92 Å². The molecule has 0 atom stereocenters. The SMILES string of the molecule is C/C=C(\CC)CC(=O)C(C)C. The molecule has 0 saturated heterocycles. The third-order valence-corrected chi connectivity index (χ3v) is 1.91. The van der Waals surface area contributed by atoms with Crippen LogP contribution in [0.4, 0.5) is 0 Å². The molecule has 0 aliphatic rings. The van der Waals surface area contributed by atoms with Crippen LogP contribution < -0.4 is 0 Å². The van der Waals surface area contributed by atoms with Crippen molar-refractivity contribution < 1.29 is 4.79 Å². The Morgan fingerprint density at radius 3 is 2.27 bits per heavy atom. The lowest BCUT2D eigenvalue weighted by Gasteiger charge is -2.05. The van der Waals surface area contributed by atoms with E-state index < -0.39 is 0 Å². The van der Waals surface area contributed by atoms with Crippen molar-refractivity contribution in [2.24, 2.45) is 5.92 Å². The Morgan fingerprint density at radius 2 is 2.00 bits per heavy atom. The zero-order valence-electron chi connectivity index (χ0n) is 7.98. The van der Waals surface area contributed by atoms with Crippen LogP contribution in [0.15, 0.2) is 11.6 Å². The standard InChI is InChI=1S/C10H18O/c1-5-9(6-2)7-10(11)8(3)4/h5,8H,6-7H2,1-4H3/b9-5+. The highest BCUT2D eigenvalue weighted by molar-refractivity contribution is 5.82. The van der Waals surface area contributed by atoms with E-state index >= 15 is 0 Å². The van der Waals surface area contributed by atoms with Crippen LogP contribution in [0.1, 0.15) is 40.5 Å². The van der Waals surface area contributed by atoms with Gasteiger partial charge in [0.15, 0.2) is 0 Å². The molecule has 0 saturated carbocycles. The van der Waals surface area contributed by atoms with Gasteiger partial charge in [0.1, 0.15) is 5.78 Å². The van der Waals surface area contributed by atoms with Gasteiger partial charge < -0.3 is 0 Å². The molecule has 1 heteroatoms. The lowest BCUT2D eigenvalue weighted by molar-refractivity contribution is -0.121. The van der Waals surface area contributed by atoms with E-state index in [0.29, 0.717) is 12.2 Å². The van der Waals surface area contributed by atoms with Gasteiger partial charge in [-0.25, -0.2) is 0 Å². The monoisotopic (exact) mass is 154 g/mol. The number of carbonyl (C=O) groups excluding carboxylic acids is 1. The van der Waals surface area contributed by atoms with Crippen molar-refractivity contribution in [3.63, 3.8) is 0 Å². The summed E-state index contributed by atoms with van der Waals surface area (Å²) >= 11 is 0. The molecular formula is C10H18O. The number of rotatable bonds is 4. The molecule has 0 fully saturated rings. The largest absolute Gasteiger partial charge is 0.299 e. The maximum atomic E-state index is 11.2. The van der Waals surface area contributed by atoms with Gasteiger partial charge in [0.2, 0.25) is 0 Å². The number of hydrogen-bond donors (Lipinski definition) is 0. The minimum absolute atomic E-state index is 0.177. The summed E-state index contributed by atoms with van der Waals surface area (Å²) in [5, 5.41) is 0. The smallest absolute Gasteiger partial charge is 0.139 e. The Morgan fingerprint density at radius 1 is 1.45 bits per heavy atom. The van der Waals surface area contributed by atoms with Crippen LogP contribution in [0.5, 0.6) is 0 Å². The van der Waals surface area contributed by atoms with Crippen molar-refractivity contribution in [2.75, 3.05) is 0 Å². The quantitative estimate of drug-likeness (QED) is 0.569. The lowest BCUT2D eigenvalue weighted by atomic mass is 10.00. The third-order valence-electron chi connectivity index (χ3n) is 1.91. The van der Waals surface area contributed by atoms with Crippen molar-refractivity contribution in [3.8, 4) is 0 Å². The Bertz CT molecular complexity index is 154. The molecule has 0 N–H and O–H groups in total. The number of carbonyl (C=O) groups is 1. The van der Waals surface area contributed by atoms with Crippen molar-refractivity contribution in [3.05, 3.63) is 11.6 Å². The molecule has 64 valence electrons. The zero-order valence-corrected chi connectivity index (χ0v) is 7.98. The summed E-state index contributed by atoms with van der Waals surface area (Å²) in [6.45, 7) is 7.98. The van der Waals surface area contributed by atoms with Gasteiger partial charge in [0.25, 0.3) is 0 Å². The van der Waals surface area contributed by atoms with Crippen LogP contribution in [0, 0.1) is 5.92 Å². The summed E-state index contributed by atoms with van der Waals surface area (Å²) in [4.78, 5) is 11.2. The minimum Gasteiger partial charge on any atom is -0.299 e. The molecule has 0 aliphatic heterocycles. The summed E-state index contributed by atoms with van der Waals surface area (Å²) < 4.78 is 0. The zero-order chi connectivity index (χ0) is 8.85. The van der Waals surface area contributed by atoms with Gasteiger partial charge in [0, 0.05) is 12.3 Å². The summed E-state index contributed by atoms with van der Waals surface area (Å²) in [6.07, 6.45) is 3.68. The third kappa shape index (κ3) is 3.97. The Hall–Kier alpha value is -0.590. The van der Waals surface area contributed by atoms with Crippen LogP contribution in [0.25, 0.3) is 0 Å². The molecule has 0 aromatic heterocycles. The normalized spacial score (nSPS) is 12.3. The molecular weight excluding hydrogens is 136 g/mol. The second kappa shape index (κ2) is 5.11. The van der Waals surface area contributed by atoms with Crippen LogP contribution in [-0.2, 0) is 4.79 Å². The summed E-state index contributed by atoms with van der Waals surface area (Å²) in [7, 11) is 0. The molecule has 11 heavy (non-hydrogen) atoms. The van der Waals surface area contributed by atoms with Crippen LogP contribution >= 0.6 is 0 Å². The molecule has 0 radical (unpaired) electrons. The van der Waals surface area contributed by atoms with E-state index in [4.69, 9.17) is 0 Å². The van der Waals surface area contributed by atoms with Crippen LogP contribution in [-0.4, -0.2) is 5.78 Å². The molecule has 0 aliphatic carbocycles. The molecule has 0 rings (SSSR count). The maximum Gasteiger partial charge on any atom is 0.139 e. The van der Waals surface area contributed by atoms with Crippen molar-refractivity contribution in [2.45, 2.75) is 40.5 Å². The first-order valence-electron chi connectivity index (χ1n) is 4.28. The van der Waals surface area contributed by atoms with E-state index in [2.05, 4.69) is 6.92 Å². The van der Waals surface area contributed by atoms with E-state index in [1.54, 1.807) is 0 Å². The second-order valence-corrected chi connectivity index (χ2v) is 3.10. The first-order chi connectivity index (χ1) is 5.11. The van der Waals surface area contributed by atoms with Gasteiger partial charge in [-0.05, 0) is 13.3 Å². The molecule has 0 aromatic carbocycles. The van der Waals surface area contributed by atoms with Crippen LogP contribution in [0.3, 0.4) is 0 Å². The lowest BCUT2D eigenvalue weighted by Crippen LogP contribution is -2.07. The highest BCUT2D eigenvalue weighted by atomic mass is 16.1. The predicted molar refractivity (Wildman–Crippen MR) is 48.5 cm³/mol. The molecule has 0 aromatic rings. The molecule has 0 heterocycles. The van der Waals surface area contributed by atoms with Crippen molar-refractivity contribution in [1.82, 2.24) is 0 Å². The molecule has 1 nitrogen and oxygen atoms in total. The van der Waals surface area contributed by atoms with E-state index in [9.17, 15) is 4.79 Å². The second-order valence-electron chi connectivity index (χ2n) is 3.10. The van der Waals surface area contributed by atoms with Crippen molar-refractivity contribution in [1.29, 1.82) is 0 Å². The van der Waals surface area contributed by atoms with Gasteiger partial charge in [0.05, 0.1) is 0 Å². The van der Waals surface area contributed by atoms with Gasteiger partial charge in [-0.1, -0.05) is 32.4 Å². The van der Waals surface area contributed by atoms with E-state index in [0.717, 1.165) is 6.42 Å². The fraction of sp³-hybridized carbons (Fsp3) is 0.700. The minimum atomic E-state index is 0.177. The molecule has 0 spiro atoms. The maximum absolute atomic E-state index is 11.2. The Balaban J connectivity index is 3.93. The predicted octanol–water partition coefficient (Wildman–Crippen LogP) is 2.96. The average molecular weight is 154 g/mol. The summed E-state index contributed by atoms with van der Waals surface area (Å²) in [6, 6.07) is 0. The van der Waals surface area contributed by atoms with Crippen LogP contribution in [0.2, 0.25) is 0 Å². The summed E-state index contributed by atoms with van der Waals surface area (Å²) in [5.74, 6) is 0.524. The first-order valence-corrected chi connectivity index (χ1v) is 4.28. The Kier molecular flexibility index (Phi) is 4.84. The highest BCUT2D eigenvalue weighted by Crippen LogP contribution is 2.10. The number of Topliss-reactive ketones (excluding diaryl/α,β-unsaturated/α-hetero) is 1. The van der Waals surface area contributed by atoms with E-state index in [1.165, 1.54) is 5.57 Å². The van der Waals surface area contributed by atoms with Crippen molar-refractivity contribution >= 4 is 5.78 Å². The number of allylic oxidation sites excluding steroid dienone is 2. The topological polar surface area (TPSA) is 17.1 Å². The van der Waals surface area contributed by atoms with Gasteiger partial charge in [-0.2, -0.15) is 0 Å². The molecule has 0 unspecified atom stereocenters. The molecule has 0 amide bonds. The average Bonchev–Trinajstić information content (AvgIpc) is 1.99. The molecule has 0 bridgehead atoms. The Labute approximate surface area is 69.5 Å². The fourth-order valence-corrected chi connectivity index (χ4v) is 0.859. The number of hydrogen-bond acceptors (Lipinski definition) is 1. The van der Waals surface area contributed by atoms with Gasteiger partial charge >= 0.3 is 0 Å². The summed E-state index contributed by atoms with van der Waals surface area (Å²) in [5.41, 5.74) is 1.25. The van der Waals surface area contributed by atoms with Gasteiger partial charge in [-0.15, -0.1) is 0 Å².